The molecule has 0 saturated heterocycles. The topological polar surface area (TPSA) is 55.6 Å². The van der Waals surface area contributed by atoms with Crippen LogP contribution in [-0.2, 0) is 4.79 Å². The molecular formula is C11H14N2O2. The van der Waals surface area contributed by atoms with Crippen LogP contribution in [0.15, 0.2) is 18.2 Å². The molecule has 1 aliphatic rings. The van der Waals surface area contributed by atoms with Gasteiger partial charge in [-0.3, -0.25) is 0 Å². The lowest BCUT2D eigenvalue weighted by molar-refractivity contribution is -0.133. The van der Waals surface area contributed by atoms with E-state index in [1.807, 2.05) is 30.0 Å². The number of carbonyl (C=O) groups is 1. The lowest BCUT2D eigenvalue weighted by atomic mass is 10.1. The van der Waals surface area contributed by atoms with Crippen LogP contribution >= 0.6 is 0 Å². The maximum Gasteiger partial charge on any atom is 0.331 e. The van der Waals surface area contributed by atoms with E-state index in [2.05, 4.69) is 0 Å². The Kier molecular flexibility index (Phi) is 2.60. The number of fused-ring (bicyclic) bond motifs is 1. The van der Waals surface area contributed by atoms with Crippen molar-refractivity contribution in [3.8, 4) is 5.75 Å². The van der Waals surface area contributed by atoms with Crippen LogP contribution in [0.1, 0.15) is 5.56 Å². The molecular weight excluding hydrogens is 192 g/mol. The van der Waals surface area contributed by atoms with Crippen molar-refractivity contribution < 1.29 is 9.53 Å². The van der Waals surface area contributed by atoms with Crippen molar-refractivity contribution in [2.75, 3.05) is 24.5 Å². The Bertz CT molecular complexity index is 390. The monoisotopic (exact) mass is 206 g/mol. The minimum Gasteiger partial charge on any atom is -0.423 e. The second kappa shape index (κ2) is 3.90. The zero-order chi connectivity index (χ0) is 10.8. The zero-order valence-electron chi connectivity index (χ0n) is 8.69. The SMILES string of the molecule is Cc1ccc2c(c1)OC(=O)CN2CCN. The van der Waals surface area contributed by atoms with E-state index in [1.54, 1.807) is 0 Å². The van der Waals surface area contributed by atoms with Gasteiger partial charge >= 0.3 is 5.97 Å². The molecule has 0 saturated carbocycles. The fourth-order valence-electron chi connectivity index (χ4n) is 1.72. The molecule has 0 spiro atoms. The van der Waals surface area contributed by atoms with Crippen molar-refractivity contribution in [1.82, 2.24) is 0 Å². The second-order valence-corrected chi connectivity index (χ2v) is 3.66. The van der Waals surface area contributed by atoms with E-state index in [0.29, 0.717) is 18.8 Å². The highest BCUT2D eigenvalue weighted by atomic mass is 16.5. The second-order valence-electron chi connectivity index (χ2n) is 3.66. The molecule has 80 valence electrons. The normalized spacial score (nSPS) is 14.8. The molecule has 2 rings (SSSR count). The fraction of sp³-hybridized carbons (Fsp3) is 0.364. The van der Waals surface area contributed by atoms with Crippen molar-refractivity contribution in [2.45, 2.75) is 6.92 Å². The predicted octanol–water partition coefficient (Wildman–Crippen LogP) is 0.679. The van der Waals surface area contributed by atoms with Gasteiger partial charge in [-0.25, -0.2) is 4.79 Å². The van der Waals surface area contributed by atoms with Gasteiger partial charge in [0.05, 0.1) is 5.69 Å². The van der Waals surface area contributed by atoms with Crippen LogP contribution in [0.25, 0.3) is 0 Å². The average Bonchev–Trinajstić information content (AvgIpc) is 2.17. The van der Waals surface area contributed by atoms with Gasteiger partial charge in [0.1, 0.15) is 6.54 Å². The molecule has 0 aromatic heterocycles. The minimum absolute atomic E-state index is 0.221. The number of hydrogen-bond acceptors (Lipinski definition) is 4. The number of carbonyl (C=O) groups excluding carboxylic acids is 1. The van der Waals surface area contributed by atoms with Crippen LogP contribution in [0.5, 0.6) is 5.75 Å². The summed E-state index contributed by atoms with van der Waals surface area (Å²) in [5.74, 6) is 0.418. The summed E-state index contributed by atoms with van der Waals surface area (Å²) in [5, 5.41) is 0. The van der Waals surface area contributed by atoms with Gasteiger partial charge in [-0.15, -0.1) is 0 Å². The summed E-state index contributed by atoms with van der Waals surface area (Å²) in [6.45, 7) is 3.45. The number of hydrogen-bond donors (Lipinski definition) is 1. The van der Waals surface area contributed by atoms with E-state index in [1.165, 1.54) is 0 Å². The summed E-state index contributed by atoms with van der Waals surface area (Å²) in [4.78, 5) is 13.3. The number of rotatable bonds is 2. The molecule has 1 aromatic rings. The molecule has 2 N–H and O–H groups in total. The molecule has 4 nitrogen and oxygen atoms in total. The molecule has 0 bridgehead atoms. The van der Waals surface area contributed by atoms with Gasteiger partial charge in [0.2, 0.25) is 0 Å². The highest BCUT2D eigenvalue weighted by Gasteiger charge is 2.23. The minimum atomic E-state index is -0.221. The number of ether oxygens (including phenoxy) is 1. The van der Waals surface area contributed by atoms with E-state index < -0.39 is 0 Å². The Labute approximate surface area is 88.6 Å². The Hall–Kier alpha value is -1.55. The van der Waals surface area contributed by atoms with Crippen LogP contribution in [-0.4, -0.2) is 25.6 Å². The first-order valence-corrected chi connectivity index (χ1v) is 4.97. The van der Waals surface area contributed by atoms with E-state index >= 15 is 0 Å². The average molecular weight is 206 g/mol. The Morgan fingerprint density at radius 2 is 2.33 bits per heavy atom. The molecule has 1 heterocycles. The number of aryl methyl sites for hydroxylation is 1. The summed E-state index contributed by atoms with van der Waals surface area (Å²) in [6.07, 6.45) is 0. The largest absolute Gasteiger partial charge is 0.423 e. The molecule has 1 aromatic carbocycles. The third kappa shape index (κ3) is 1.94. The fourth-order valence-corrected chi connectivity index (χ4v) is 1.72. The first-order chi connectivity index (χ1) is 7.20. The van der Waals surface area contributed by atoms with Crippen molar-refractivity contribution in [2.24, 2.45) is 5.73 Å². The van der Waals surface area contributed by atoms with Crippen molar-refractivity contribution in [1.29, 1.82) is 0 Å². The lowest BCUT2D eigenvalue weighted by Crippen LogP contribution is -2.39. The molecule has 0 amide bonds. The van der Waals surface area contributed by atoms with Gasteiger partial charge in [0.15, 0.2) is 5.75 Å². The van der Waals surface area contributed by atoms with Crippen molar-refractivity contribution in [3.05, 3.63) is 23.8 Å². The number of nitrogens with zero attached hydrogens (tertiary/aromatic N) is 1. The number of anilines is 1. The molecule has 0 unspecified atom stereocenters. The van der Waals surface area contributed by atoms with Gasteiger partial charge in [-0.1, -0.05) is 6.07 Å². The lowest BCUT2D eigenvalue weighted by Gasteiger charge is -2.29. The van der Waals surface area contributed by atoms with Crippen LogP contribution in [0.4, 0.5) is 5.69 Å². The molecule has 15 heavy (non-hydrogen) atoms. The summed E-state index contributed by atoms with van der Waals surface area (Å²) in [7, 11) is 0. The quantitative estimate of drug-likeness (QED) is 0.571. The van der Waals surface area contributed by atoms with E-state index in [4.69, 9.17) is 10.5 Å². The van der Waals surface area contributed by atoms with E-state index in [0.717, 1.165) is 11.3 Å². The third-order valence-corrected chi connectivity index (χ3v) is 2.40. The Balaban J connectivity index is 2.37. The van der Waals surface area contributed by atoms with Crippen LogP contribution in [0.2, 0.25) is 0 Å². The zero-order valence-corrected chi connectivity index (χ0v) is 8.69. The van der Waals surface area contributed by atoms with E-state index in [-0.39, 0.29) is 12.5 Å². The van der Waals surface area contributed by atoms with Crippen molar-refractivity contribution >= 4 is 11.7 Å². The van der Waals surface area contributed by atoms with Crippen molar-refractivity contribution in [3.63, 3.8) is 0 Å². The standard InChI is InChI=1S/C11H14N2O2/c1-8-2-3-9-10(6-8)15-11(14)7-13(9)5-4-12/h2-3,6H,4-5,7,12H2,1H3. The highest BCUT2D eigenvalue weighted by Crippen LogP contribution is 2.32. The summed E-state index contributed by atoms with van der Waals surface area (Å²) < 4.78 is 5.17. The molecule has 0 aliphatic carbocycles. The predicted molar refractivity (Wildman–Crippen MR) is 58.1 cm³/mol. The number of esters is 1. The Morgan fingerprint density at radius 3 is 3.07 bits per heavy atom. The Morgan fingerprint density at radius 1 is 1.53 bits per heavy atom. The van der Waals surface area contributed by atoms with Gasteiger partial charge in [-0.05, 0) is 24.6 Å². The van der Waals surface area contributed by atoms with Gasteiger partial charge in [0, 0.05) is 13.1 Å². The third-order valence-electron chi connectivity index (χ3n) is 2.40. The molecule has 0 fully saturated rings. The summed E-state index contributed by atoms with van der Waals surface area (Å²) in [6, 6.07) is 5.84. The number of nitrogens with two attached hydrogens (primary N) is 1. The number of benzene rings is 1. The van der Waals surface area contributed by atoms with Crippen LogP contribution < -0.4 is 15.4 Å². The molecule has 0 atom stereocenters. The van der Waals surface area contributed by atoms with Crippen LogP contribution in [0.3, 0.4) is 0 Å². The first kappa shape index (κ1) is 9.98. The van der Waals surface area contributed by atoms with Crippen LogP contribution in [0, 0.1) is 6.92 Å². The molecule has 0 radical (unpaired) electrons. The maximum absolute atomic E-state index is 11.3. The molecule has 1 aliphatic heterocycles. The summed E-state index contributed by atoms with van der Waals surface area (Å²) >= 11 is 0. The first-order valence-electron chi connectivity index (χ1n) is 4.97. The smallest absolute Gasteiger partial charge is 0.331 e. The van der Waals surface area contributed by atoms with Gasteiger partial charge in [-0.2, -0.15) is 0 Å². The van der Waals surface area contributed by atoms with Gasteiger partial charge < -0.3 is 15.4 Å². The summed E-state index contributed by atoms with van der Waals surface area (Å²) in [5.41, 5.74) is 7.53. The highest BCUT2D eigenvalue weighted by molar-refractivity contribution is 5.84. The molecule has 4 heteroatoms. The van der Waals surface area contributed by atoms with E-state index in [9.17, 15) is 4.79 Å². The maximum atomic E-state index is 11.3. The van der Waals surface area contributed by atoms with Gasteiger partial charge in [0.25, 0.3) is 0 Å².